The lowest BCUT2D eigenvalue weighted by Gasteiger charge is -2.35. The van der Waals surface area contributed by atoms with E-state index >= 15 is 0 Å². The summed E-state index contributed by atoms with van der Waals surface area (Å²) in [5, 5.41) is -6.43. The molecular weight excluding hydrogens is 647 g/mol. The molecule has 1 rings (SSSR count). The van der Waals surface area contributed by atoms with E-state index in [0.29, 0.717) is 0 Å². The number of hydrogen-bond donors (Lipinski definition) is 0. The van der Waals surface area contributed by atoms with Crippen LogP contribution in [0.15, 0.2) is 18.7 Å². The maximum atomic E-state index is 12.8. The zero-order valence-electron chi connectivity index (χ0n) is 16.8. The second-order valence-electron chi connectivity index (χ2n) is 6.35. The zero-order valence-corrected chi connectivity index (χ0v) is 19.8. The molecule has 20 heteroatoms. The third-order valence-electron chi connectivity index (χ3n) is 3.64. The summed E-state index contributed by atoms with van der Waals surface area (Å²) < 4.78 is 173. The summed E-state index contributed by atoms with van der Waals surface area (Å²) >= 11 is -0.706. The molecule has 0 saturated carbocycles. The lowest BCUT2D eigenvalue weighted by molar-refractivity contribution is -0.696. The zero-order chi connectivity index (χ0) is 27.4. The van der Waals surface area contributed by atoms with Crippen molar-refractivity contribution >= 4 is 32.7 Å². The van der Waals surface area contributed by atoms with Crippen LogP contribution in [0.4, 0.5) is 52.8 Å². The first-order valence-corrected chi connectivity index (χ1v) is 11.0. The molecular formula is C14H16F12IN2O4S+. The van der Waals surface area contributed by atoms with E-state index in [1.807, 2.05) is 11.8 Å². The number of nitrogens with zero attached hydrogens (tertiary/aromatic N) is 2. The van der Waals surface area contributed by atoms with E-state index in [9.17, 15) is 61.2 Å². The first kappa shape index (κ1) is 33.0. The molecule has 1 heterocycles. The third kappa shape index (κ3) is 7.24. The second-order valence-corrected chi connectivity index (χ2v) is 9.28. The van der Waals surface area contributed by atoms with Crippen LogP contribution in [0, 0.1) is 0 Å². The molecule has 0 spiro atoms. The summed E-state index contributed by atoms with van der Waals surface area (Å²) in [6.07, 6.45) is -3.67. The minimum absolute atomic E-state index is 0.706. The summed E-state index contributed by atoms with van der Waals surface area (Å²) in [4.78, 5) is 0. The number of hydrogen-bond acceptors (Lipinski definition) is 4. The quantitative estimate of drug-likeness (QED) is 0.143. The summed E-state index contributed by atoms with van der Waals surface area (Å²) in [6, 6.07) is 0. The van der Waals surface area contributed by atoms with Crippen molar-refractivity contribution in [3.63, 3.8) is 0 Å². The Balaban J connectivity index is 0.000000896. The van der Waals surface area contributed by atoms with Crippen LogP contribution in [0.5, 0.6) is 0 Å². The SMILES string of the molecule is CCCC[n+]1ccn(C)c1.O=S(=O)(OF)C(F)(F)C(F)OC(F)(F)C(F)(F)C(F)(F)C(F)(F)I. The molecule has 1 unspecified atom stereocenters. The highest BCUT2D eigenvalue weighted by atomic mass is 127. The molecule has 0 aliphatic rings. The first-order valence-electron chi connectivity index (χ1n) is 8.47. The van der Waals surface area contributed by atoms with Gasteiger partial charge in [-0.25, -0.2) is 13.5 Å². The maximum Gasteiger partial charge on any atom is 0.428 e. The molecule has 0 aliphatic carbocycles. The van der Waals surface area contributed by atoms with E-state index in [2.05, 4.69) is 34.8 Å². The highest BCUT2D eigenvalue weighted by molar-refractivity contribution is 14.1. The average molecular weight is 663 g/mol. The van der Waals surface area contributed by atoms with Gasteiger partial charge in [0.05, 0.1) is 13.6 Å². The molecule has 1 aromatic rings. The minimum Gasteiger partial charge on any atom is -0.273 e. The van der Waals surface area contributed by atoms with E-state index in [1.165, 1.54) is 12.8 Å². The van der Waals surface area contributed by atoms with E-state index in [0.717, 1.165) is 6.54 Å². The van der Waals surface area contributed by atoms with Crippen molar-refractivity contribution in [3.8, 4) is 0 Å². The molecule has 0 aliphatic heterocycles. The first-order chi connectivity index (χ1) is 15.0. The number of rotatable bonds is 11. The van der Waals surface area contributed by atoms with Gasteiger partial charge < -0.3 is 0 Å². The van der Waals surface area contributed by atoms with E-state index in [1.54, 1.807) is 4.39 Å². The second kappa shape index (κ2) is 11.4. The Morgan fingerprint density at radius 1 is 1.03 bits per heavy atom. The Hall–Kier alpha value is -1.03. The number of aryl methyl sites for hydroxylation is 2. The summed E-state index contributed by atoms with van der Waals surface area (Å²) in [6.45, 7) is 3.36. The Morgan fingerprint density at radius 2 is 1.53 bits per heavy atom. The van der Waals surface area contributed by atoms with Crippen LogP contribution in [0.3, 0.4) is 0 Å². The van der Waals surface area contributed by atoms with Gasteiger partial charge >= 0.3 is 37.3 Å². The van der Waals surface area contributed by atoms with Crippen LogP contribution in [0.25, 0.3) is 0 Å². The molecule has 0 N–H and O–H groups in total. The highest BCUT2D eigenvalue weighted by Crippen LogP contribution is 2.55. The molecule has 0 bridgehead atoms. The van der Waals surface area contributed by atoms with Gasteiger partial charge in [0.1, 0.15) is 12.4 Å². The average Bonchev–Trinajstić information content (AvgIpc) is 3.10. The third-order valence-corrected chi connectivity index (χ3v) is 5.34. The van der Waals surface area contributed by atoms with Gasteiger partial charge in [0.25, 0.3) is 6.36 Å². The summed E-state index contributed by atoms with van der Waals surface area (Å²) in [5.41, 5.74) is 0. The topological polar surface area (TPSA) is 61.4 Å². The van der Waals surface area contributed by atoms with Crippen LogP contribution >= 0.6 is 22.6 Å². The molecule has 0 saturated heterocycles. The van der Waals surface area contributed by atoms with Crippen molar-refractivity contribution in [3.05, 3.63) is 18.7 Å². The summed E-state index contributed by atoms with van der Waals surface area (Å²) in [5.74, 6) is -14.3. The monoisotopic (exact) mass is 663 g/mol. The lowest BCUT2D eigenvalue weighted by atomic mass is 10.1. The van der Waals surface area contributed by atoms with Gasteiger partial charge in [0, 0.05) is 22.6 Å². The van der Waals surface area contributed by atoms with Gasteiger partial charge in [0.2, 0.25) is 6.33 Å². The van der Waals surface area contributed by atoms with Gasteiger partial charge in [0.15, 0.2) is 0 Å². The number of ether oxygens (including phenoxy) is 1. The normalized spacial score (nSPS) is 15.0. The predicted molar refractivity (Wildman–Crippen MR) is 96.4 cm³/mol. The van der Waals surface area contributed by atoms with Crippen molar-refractivity contribution < 1.29 is 74.9 Å². The molecule has 6 nitrogen and oxygen atoms in total. The Bertz CT molecular complexity index is 891. The molecule has 0 aromatic carbocycles. The highest BCUT2D eigenvalue weighted by Gasteiger charge is 2.82. The molecule has 202 valence electrons. The minimum atomic E-state index is -7.30. The molecule has 1 atom stereocenters. The van der Waals surface area contributed by atoms with Gasteiger partial charge in [-0.1, -0.05) is 17.7 Å². The molecule has 0 radical (unpaired) electrons. The molecule has 1 aromatic heterocycles. The van der Waals surface area contributed by atoms with Crippen LogP contribution in [-0.2, 0) is 32.8 Å². The van der Waals surface area contributed by atoms with Crippen LogP contribution < -0.4 is 4.57 Å². The van der Waals surface area contributed by atoms with Gasteiger partial charge in [-0.05, 0) is 10.9 Å². The van der Waals surface area contributed by atoms with Crippen molar-refractivity contribution in [2.75, 3.05) is 0 Å². The number of halogens is 13. The van der Waals surface area contributed by atoms with Gasteiger partial charge in [-0.15, -0.1) is 0 Å². The number of alkyl halides is 12. The molecule has 34 heavy (non-hydrogen) atoms. The molecule has 0 fully saturated rings. The van der Waals surface area contributed by atoms with Crippen LogP contribution in [-0.4, -0.2) is 46.5 Å². The van der Waals surface area contributed by atoms with Crippen LogP contribution in [0.1, 0.15) is 19.8 Å². The van der Waals surface area contributed by atoms with Crippen molar-refractivity contribution in [1.29, 1.82) is 0 Å². The van der Waals surface area contributed by atoms with E-state index < -0.39 is 66.2 Å². The fraction of sp³-hybridized carbons (Fsp3) is 0.786. The fourth-order valence-electron chi connectivity index (χ4n) is 1.76. The lowest BCUT2D eigenvalue weighted by Crippen LogP contribution is -2.62. The maximum absolute atomic E-state index is 12.8. The number of aromatic nitrogens is 2. The smallest absolute Gasteiger partial charge is 0.273 e. The van der Waals surface area contributed by atoms with Gasteiger partial charge in [-0.2, -0.15) is 52.3 Å². The number of imidazole rings is 1. The predicted octanol–water partition coefficient (Wildman–Crippen LogP) is 5.13. The Morgan fingerprint density at radius 3 is 1.88 bits per heavy atom. The van der Waals surface area contributed by atoms with Crippen molar-refractivity contribution in [2.45, 2.75) is 59.8 Å². The summed E-state index contributed by atoms with van der Waals surface area (Å²) in [7, 11) is -4.95. The van der Waals surface area contributed by atoms with Crippen LogP contribution in [0.2, 0.25) is 0 Å². The fourth-order valence-corrected chi connectivity index (χ4v) is 2.46. The standard InChI is InChI=1S/C8H15N2.C6HF12IO4S/c1-3-4-5-10-7-6-9(2)8-10;7-1(2(8,9)24(20,21)23-18)22-6(16,17)4(12,13)3(10,11)5(14,15)19/h6-8H,3-5H2,1-2H3;1H/q+1;. The van der Waals surface area contributed by atoms with E-state index in [-0.39, 0.29) is 0 Å². The largest absolute Gasteiger partial charge is 0.428 e. The Labute approximate surface area is 198 Å². The van der Waals surface area contributed by atoms with E-state index in [4.69, 9.17) is 0 Å². The number of unbranched alkanes of at least 4 members (excludes halogenated alkanes) is 1. The van der Waals surface area contributed by atoms with Gasteiger partial charge in [-0.3, -0.25) is 4.74 Å². The molecule has 0 amide bonds. The van der Waals surface area contributed by atoms with Crippen molar-refractivity contribution in [1.82, 2.24) is 4.57 Å². The van der Waals surface area contributed by atoms with Crippen molar-refractivity contribution in [2.24, 2.45) is 7.05 Å². The Kier molecular flexibility index (Phi) is 11.0.